The molecular formula is C20H14BrN3O4S. The zero-order chi connectivity index (χ0) is 20.5. The topological polar surface area (TPSA) is 94.3 Å². The predicted octanol–water partition coefficient (Wildman–Crippen LogP) is 4.85. The predicted molar refractivity (Wildman–Crippen MR) is 113 cm³/mol. The lowest BCUT2D eigenvalue weighted by Crippen LogP contribution is -2.14. The number of hydrogen-bond acceptors (Lipinski definition) is 7. The van der Waals surface area contributed by atoms with Gasteiger partial charge in [0.05, 0.1) is 23.0 Å². The maximum atomic E-state index is 13.2. The van der Waals surface area contributed by atoms with Gasteiger partial charge in [-0.25, -0.2) is 0 Å². The maximum absolute atomic E-state index is 13.2. The quantitative estimate of drug-likeness (QED) is 0.418. The minimum Gasteiger partial charge on any atom is -0.496 e. The molecule has 2 aromatic heterocycles. The molecule has 0 aliphatic heterocycles. The Balaban J connectivity index is 1.79. The van der Waals surface area contributed by atoms with Crippen LogP contribution < -0.4 is 10.1 Å². The number of hydrogen-bond donors (Lipinski definition) is 1. The Hall–Kier alpha value is -3.04. The number of fused-ring (bicyclic) bond motifs is 1. The number of rotatable bonds is 5. The van der Waals surface area contributed by atoms with Crippen LogP contribution in [0.4, 0.5) is 5.69 Å². The zero-order valence-corrected chi connectivity index (χ0v) is 17.8. The van der Waals surface area contributed by atoms with Crippen LogP contribution in [0, 0.1) is 6.92 Å². The average molecular weight is 472 g/mol. The standard InChI is InChI=1S/C20H14BrN3O4S/c1-10-19(29-24-23-10)20(26)22-16-12-5-3-4-6-14(12)28-18(16)17(25)11-7-8-15(27-2)13(21)9-11/h3-9H,1-2H3,(H,22,26). The van der Waals surface area contributed by atoms with E-state index in [1.54, 1.807) is 50.4 Å². The summed E-state index contributed by atoms with van der Waals surface area (Å²) < 4.78 is 15.5. The number of nitrogens with zero attached hydrogens (tertiary/aromatic N) is 2. The molecule has 4 aromatic rings. The minimum atomic E-state index is -0.394. The highest BCUT2D eigenvalue weighted by molar-refractivity contribution is 9.10. The van der Waals surface area contributed by atoms with Crippen molar-refractivity contribution < 1.29 is 18.7 Å². The van der Waals surface area contributed by atoms with Crippen LogP contribution in [0.25, 0.3) is 11.0 Å². The Bertz CT molecular complexity index is 1250. The van der Waals surface area contributed by atoms with Crippen molar-refractivity contribution in [2.75, 3.05) is 12.4 Å². The van der Waals surface area contributed by atoms with Gasteiger partial charge in [0.25, 0.3) is 5.91 Å². The highest BCUT2D eigenvalue weighted by Gasteiger charge is 2.25. The van der Waals surface area contributed by atoms with Crippen molar-refractivity contribution in [3.8, 4) is 5.75 Å². The third-order valence-electron chi connectivity index (χ3n) is 4.31. The van der Waals surface area contributed by atoms with E-state index < -0.39 is 5.91 Å². The minimum absolute atomic E-state index is 0.0479. The number of nitrogens with one attached hydrogen (secondary N) is 1. The lowest BCUT2D eigenvalue weighted by molar-refractivity contribution is 0.101. The van der Waals surface area contributed by atoms with Crippen molar-refractivity contribution >= 4 is 55.8 Å². The molecule has 0 fully saturated rings. The second-order valence-electron chi connectivity index (χ2n) is 6.12. The number of amides is 1. The SMILES string of the molecule is COc1ccc(C(=O)c2oc3ccccc3c2NC(=O)c2snnc2C)cc1Br. The van der Waals surface area contributed by atoms with Crippen LogP contribution in [-0.2, 0) is 0 Å². The van der Waals surface area contributed by atoms with Gasteiger partial charge in [-0.2, -0.15) is 0 Å². The van der Waals surface area contributed by atoms with Gasteiger partial charge in [0.15, 0.2) is 5.76 Å². The molecule has 0 bridgehead atoms. The van der Waals surface area contributed by atoms with E-state index in [4.69, 9.17) is 9.15 Å². The molecule has 2 aromatic carbocycles. The van der Waals surface area contributed by atoms with Gasteiger partial charge in [0.2, 0.25) is 5.78 Å². The molecule has 146 valence electrons. The second kappa shape index (κ2) is 7.76. The van der Waals surface area contributed by atoms with E-state index >= 15 is 0 Å². The number of ether oxygens (including phenoxy) is 1. The lowest BCUT2D eigenvalue weighted by Gasteiger charge is -2.07. The number of ketones is 1. The zero-order valence-electron chi connectivity index (χ0n) is 15.4. The Kier molecular flexibility index (Phi) is 5.16. The number of carbonyl (C=O) groups is 2. The van der Waals surface area contributed by atoms with E-state index in [1.165, 1.54) is 0 Å². The van der Waals surface area contributed by atoms with Gasteiger partial charge >= 0.3 is 0 Å². The molecule has 0 radical (unpaired) electrons. The summed E-state index contributed by atoms with van der Waals surface area (Å²) in [4.78, 5) is 26.3. The van der Waals surface area contributed by atoms with Gasteiger partial charge in [-0.1, -0.05) is 16.6 Å². The summed E-state index contributed by atoms with van der Waals surface area (Å²) >= 11 is 4.38. The smallest absolute Gasteiger partial charge is 0.269 e. The van der Waals surface area contributed by atoms with Crippen LogP contribution >= 0.6 is 27.5 Å². The molecule has 0 atom stereocenters. The van der Waals surface area contributed by atoms with Gasteiger partial charge in [-0.15, -0.1) is 5.10 Å². The highest BCUT2D eigenvalue weighted by Crippen LogP contribution is 2.34. The Morgan fingerprint density at radius 2 is 2.00 bits per heavy atom. The number of para-hydroxylation sites is 1. The molecule has 0 spiro atoms. The van der Waals surface area contributed by atoms with Crippen molar-refractivity contribution in [2.24, 2.45) is 0 Å². The molecule has 0 unspecified atom stereocenters. The number of methoxy groups -OCH3 is 1. The third-order valence-corrected chi connectivity index (χ3v) is 5.76. The van der Waals surface area contributed by atoms with Crippen molar-refractivity contribution in [3.05, 3.63) is 68.8 Å². The fourth-order valence-corrected chi connectivity index (χ4v) is 3.97. The lowest BCUT2D eigenvalue weighted by atomic mass is 10.1. The van der Waals surface area contributed by atoms with Gasteiger partial charge in [-0.05, 0) is 64.7 Å². The first-order chi connectivity index (χ1) is 14.0. The van der Waals surface area contributed by atoms with Crippen LogP contribution in [-0.4, -0.2) is 28.4 Å². The van der Waals surface area contributed by atoms with E-state index in [9.17, 15) is 9.59 Å². The van der Waals surface area contributed by atoms with Gasteiger partial charge in [0.1, 0.15) is 16.2 Å². The Morgan fingerprint density at radius 3 is 2.69 bits per heavy atom. The summed E-state index contributed by atoms with van der Waals surface area (Å²) in [7, 11) is 1.55. The molecule has 0 aliphatic carbocycles. The summed E-state index contributed by atoms with van der Waals surface area (Å²) in [5.74, 6) is -0.104. The largest absolute Gasteiger partial charge is 0.496 e. The van der Waals surface area contributed by atoms with Crippen LogP contribution in [0.1, 0.15) is 31.5 Å². The normalized spacial score (nSPS) is 10.9. The monoisotopic (exact) mass is 471 g/mol. The first-order valence-electron chi connectivity index (χ1n) is 8.49. The molecule has 29 heavy (non-hydrogen) atoms. The molecule has 0 saturated heterocycles. The molecule has 7 nitrogen and oxygen atoms in total. The van der Waals surface area contributed by atoms with E-state index in [0.29, 0.717) is 43.0 Å². The first kappa shape index (κ1) is 19.3. The number of furan rings is 1. The summed E-state index contributed by atoms with van der Waals surface area (Å²) in [5.41, 5.74) is 1.73. The van der Waals surface area contributed by atoms with Crippen molar-refractivity contribution in [1.29, 1.82) is 0 Å². The molecule has 9 heteroatoms. The van der Waals surface area contributed by atoms with Gasteiger partial charge in [-0.3, -0.25) is 9.59 Å². The van der Waals surface area contributed by atoms with E-state index in [0.717, 1.165) is 11.5 Å². The second-order valence-corrected chi connectivity index (χ2v) is 7.73. The van der Waals surface area contributed by atoms with E-state index in [-0.39, 0.29) is 11.5 Å². The molecule has 2 heterocycles. The van der Waals surface area contributed by atoms with Crippen LogP contribution in [0.5, 0.6) is 5.75 Å². The van der Waals surface area contributed by atoms with E-state index in [2.05, 4.69) is 30.8 Å². The van der Waals surface area contributed by atoms with Crippen molar-refractivity contribution in [3.63, 3.8) is 0 Å². The number of benzene rings is 2. The number of halogens is 1. The highest BCUT2D eigenvalue weighted by atomic mass is 79.9. The third kappa shape index (κ3) is 3.54. The average Bonchev–Trinajstić information content (AvgIpc) is 3.31. The number of aromatic nitrogens is 2. The van der Waals surface area contributed by atoms with Gasteiger partial charge in [0, 0.05) is 10.9 Å². The molecular weight excluding hydrogens is 458 g/mol. The molecule has 0 saturated carbocycles. The van der Waals surface area contributed by atoms with Crippen LogP contribution in [0.15, 0.2) is 51.4 Å². The van der Waals surface area contributed by atoms with Crippen LogP contribution in [0.3, 0.4) is 0 Å². The molecule has 4 rings (SSSR count). The van der Waals surface area contributed by atoms with Crippen molar-refractivity contribution in [2.45, 2.75) is 6.92 Å². The fourth-order valence-electron chi connectivity index (χ4n) is 2.88. The summed E-state index contributed by atoms with van der Waals surface area (Å²) in [6.07, 6.45) is 0. The van der Waals surface area contributed by atoms with E-state index in [1.807, 2.05) is 6.07 Å². The number of anilines is 1. The Morgan fingerprint density at radius 1 is 1.21 bits per heavy atom. The first-order valence-corrected chi connectivity index (χ1v) is 10.1. The Labute approximate surface area is 178 Å². The number of carbonyl (C=O) groups excluding carboxylic acids is 2. The summed E-state index contributed by atoms with van der Waals surface area (Å²) in [6, 6.07) is 12.1. The molecule has 0 aliphatic rings. The summed E-state index contributed by atoms with van der Waals surface area (Å²) in [5, 5.41) is 7.30. The summed E-state index contributed by atoms with van der Waals surface area (Å²) in [6.45, 7) is 1.70. The van der Waals surface area contributed by atoms with Crippen LogP contribution in [0.2, 0.25) is 0 Å². The molecule has 1 N–H and O–H groups in total. The fraction of sp³-hybridized carbons (Fsp3) is 0.100. The number of aryl methyl sites for hydroxylation is 1. The molecule has 1 amide bonds. The maximum Gasteiger partial charge on any atom is 0.269 e. The van der Waals surface area contributed by atoms with Crippen molar-refractivity contribution in [1.82, 2.24) is 9.59 Å². The van der Waals surface area contributed by atoms with Gasteiger partial charge < -0.3 is 14.5 Å².